The molecule has 1 nitrogen and oxygen atoms in total. The summed E-state index contributed by atoms with van der Waals surface area (Å²) in [6.45, 7) is 11.8. The van der Waals surface area contributed by atoms with Crippen molar-refractivity contribution in [2.75, 3.05) is 6.54 Å². The molecule has 0 aliphatic carbocycles. The maximum Gasteiger partial charge on any atom is 0.123 e. The molecule has 1 N–H and O–H groups in total. The summed E-state index contributed by atoms with van der Waals surface area (Å²) >= 11 is 0. The van der Waals surface area contributed by atoms with Crippen molar-refractivity contribution in [2.45, 2.75) is 53.5 Å². The highest BCUT2D eigenvalue weighted by Crippen LogP contribution is 2.31. The fourth-order valence-corrected chi connectivity index (χ4v) is 2.21. The molecule has 0 aliphatic heterocycles. The SMILES string of the molecule is CCCNC(CC(C)(C)C)c1cc(F)ccc1C. The molecule has 0 bridgehead atoms. The van der Waals surface area contributed by atoms with Gasteiger partial charge in [0.1, 0.15) is 5.82 Å². The Hall–Kier alpha value is -0.890. The molecule has 1 rings (SSSR count). The minimum absolute atomic E-state index is 0.146. The van der Waals surface area contributed by atoms with E-state index in [0.717, 1.165) is 30.5 Å². The van der Waals surface area contributed by atoms with E-state index in [1.807, 2.05) is 6.07 Å². The van der Waals surface area contributed by atoms with Crippen LogP contribution in [0.25, 0.3) is 0 Å². The van der Waals surface area contributed by atoms with Crippen LogP contribution in [0.5, 0.6) is 0 Å². The molecule has 1 unspecified atom stereocenters. The Bertz CT molecular complexity index is 379. The first kappa shape index (κ1) is 15.2. The second kappa shape index (κ2) is 6.33. The minimum atomic E-state index is -0.146. The second-order valence-corrected chi connectivity index (χ2v) is 6.27. The number of benzene rings is 1. The van der Waals surface area contributed by atoms with Gasteiger partial charge in [0.05, 0.1) is 0 Å². The molecule has 0 fully saturated rings. The van der Waals surface area contributed by atoms with Crippen LogP contribution in [0.1, 0.15) is 57.7 Å². The minimum Gasteiger partial charge on any atom is -0.310 e. The summed E-state index contributed by atoms with van der Waals surface area (Å²) in [7, 11) is 0. The lowest BCUT2D eigenvalue weighted by atomic mass is 9.84. The molecule has 0 saturated carbocycles. The predicted octanol–water partition coefficient (Wildman–Crippen LogP) is 4.61. The van der Waals surface area contributed by atoms with Gasteiger partial charge in [0.25, 0.3) is 0 Å². The second-order valence-electron chi connectivity index (χ2n) is 6.27. The smallest absolute Gasteiger partial charge is 0.123 e. The van der Waals surface area contributed by atoms with Gasteiger partial charge in [0, 0.05) is 6.04 Å². The van der Waals surface area contributed by atoms with Gasteiger partial charge in [-0.2, -0.15) is 0 Å². The summed E-state index contributed by atoms with van der Waals surface area (Å²) in [6.07, 6.45) is 2.10. The van der Waals surface area contributed by atoms with Gasteiger partial charge in [0.15, 0.2) is 0 Å². The quantitative estimate of drug-likeness (QED) is 0.805. The molecule has 0 radical (unpaired) electrons. The van der Waals surface area contributed by atoms with Crippen LogP contribution in [0.3, 0.4) is 0 Å². The van der Waals surface area contributed by atoms with Gasteiger partial charge in [-0.05, 0) is 55.0 Å². The van der Waals surface area contributed by atoms with Gasteiger partial charge in [-0.15, -0.1) is 0 Å². The zero-order chi connectivity index (χ0) is 13.8. The molecule has 1 atom stereocenters. The largest absolute Gasteiger partial charge is 0.310 e. The van der Waals surface area contributed by atoms with Gasteiger partial charge in [0.2, 0.25) is 0 Å². The molecule has 0 saturated heterocycles. The Kier molecular flexibility index (Phi) is 5.33. The van der Waals surface area contributed by atoms with E-state index in [1.54, 1.807) is 6.07 Å². The van der Waals surface area contributed by atoms with E-state index in [2.05, 4.69) is 39.9 Å². The highest BCUT2D eigenvalue weighted by atomic mass is 19.1. The topological polar surface area (TPSA) is 12.0 Å². The molecule has 1 aromatic rings. The molecule has 0 spiro atoms. The van der Waals surface area contributed by atoms with E-state index in [1.165, 1.54) is 6.07 Å². The van der Waals surface area contributed by atoms with E-state index in [-0.39, 0.29) is 17.3 Å². The van der Waals surface area contributed by atoms with Gasteiger partial charge < -0.3 is 5.32 Å². The fraction of sp³-hybridized carbons (Fsp3) is 0.625. The molecule has 2 heteroatoms. The summed E-state index contributed by atoms with van der Waals surface area (Å²) in [5.41, 5.74) is 2.48. The van der Waals surface area contributed by atoms with Crippen LogP contribution in [0.2, 0.25) is 0 Å². The third-order valence-electron chi connectivity index (χ3n) is 3.07. The Labute approximate surface area is 111 Å². The molecule has 18 heavy (non-hydrogen) atoms. The number of rotatable bonds is 5. The number of halogens is 1. The predicted molar refractivity (Wildman–Crippen MR) is 76.2 cm³/mol. The number of nitrogens with one attached hydrogen (secondary N) is 1. The maximum absolute atomic E-state index is 13.4. The van der Waals surface area contributed by atoms with Crippen LogP contribution in [0.4, 0.5) is 4.39 Å². The lowest BCUT2D eigenvalue weighted by Gasteiger charge is -2.28. The third kappa shape index (κ3) is 4.77. The molecular formula is C16H26FN. The van der Waals surface area contributed by atoms with Crippen molar-refractivity contribution in [3.8, 4) is 0 Å². The average Bonchev–Trinajstić information content (AvgIpc) is 2.26. The van der Waals surface area contributed by atoms with Gasteiger partial charge in [-0.1, -0.05) is 33.8 Å². The van der Waals surface area contributed by atoms with E-state index >= 15 is 0 Å². The number of hydrogen-bond donors (Lipinski definition) is 1. The summed E-state index contributed by atoms with van der Waals surface area (Å²) in [5.74, 6) is -0.146. The molecule has 102 valence electrons. The van der Waals surface area contributed by atoms with Crippen LogP contribution in [-0.2, 0) is 0 Å². The van der Waals surface area contributed by atoms with E-state index in [9.17, 15) is 4.39 Å². The first-order valence-corrected chi connectivity index (χ1v) is 6.83. The lowest BCUT2D eigenvalue weighted by Crippen LogP contribution is -2.27. The Morgan fingerprint density at radius 2 is 1.94 bits per heavy atom. The van der Waals surface area contributed by atoms with Gasteiger partial charge in [-0.3, -0.25) is 0 Å². The first-order chi connectivity index (χ1) is 8.33. The third-order valence-corrected chi connectivity index (χ3v) is 3.07. The van der Waals surface area contributed by atoms with Crippen molar-refractivity contribution in [2.24, 2.45) is 5.41 Å². The zero-order valence-corrected chi connectivity index (χ0v) is 12.3. The van der Waals surface area contributed by atoms with Crippen molar-refractivity contribution >= 4 is 0 Å². The summed E-state index contributed by atoms with van der Waals surface area (Å²) in [5, 5.41) is 3.54. The first-order valence-electron chi connectivity index (χ1n) is 6.83. The Morgan fingerprint density at radius 1 is 1.28 bits per heavy atom. The van der Waals surface area contributed by atoms with Crippen molar-refractivity contribution in [1.29, 1.82) is 0 Å². The zero-order valence-electron chi connectivity index (χ0n) is 12.3. The average molecular weight is 251 g/mol. The highest BCUT2D eigenvalue weighted by Gasteiger charge is 2.21. The normalized spacial score (nSPS) is 13.7. The number of hydrogen-bond acceptors (Lipinski definition) is 1. The van der Waals surface area contributed by atoms with Crippen LogP contribution in [-0.4, -0.2) is 6.54 Å². The molecule has 0 amide bonds. The van der Waals surface area contributed by atoms with E-state index in [4.69, 9.17) is 0 Å². The standard InChI is InChI=1S/C16H26FN/c1-6-9-18-15(11-16(3,4)5)14-10-13(17)8-7-12(14)2/h7-8,10,15,18H,6,9,11H2,1-5H3. The van der Waals surface area contributed by atoms with Crippen LogP contribution in [0.15, 0.2) is 18.2 Å². The summed E-state index contributed by atoms with van der Waals surface area (Å²) < 4.78 is 13.4. The highest BCUT2D eigenvalue weighted by molar-refractivity contribution is 5.29. The van der Waals surface area contributed by atoms with Crippen molar-refractivity contribution < 1.29 is 4.39 Å². The van der Waals surface area contributed by atoms with Crippen LogP contribution in [0, 0.1) is 18.2 Å². The van der Waals surface area contributed by atoms with Crippen molar-refractivity contribution in [1.82, 2.24) is 5.32 Å². The lowest BCUT2D eigenvalue weighted by molar-refractivity contribution is 0.310. The molecular weight excluding hydrogens is 225 g/mol. The molecule has 0 heterocycles. The molecule has 1 aromatic carbocycles. The maximum atomic E-state index is 13.4. The van der Waals surface area contributed by atoms with Gasteiger partial charge >= 0.3 is 0 Å². The summed E-state index contributed by atoms with van der Waals surface area (Å²) in [6, 6.07) is 5.32. The molecule has 0 aliphatic rings. The summed E-state index contributed by atoms with van der Waals surface area (Å²) in [4.78, 5) is 0. The Morgan fingerprint density at radius 3 is 2.50 bits per heavy atom. The monoisotopic (exact) mass is 251 g/mol. The molecule has 0 aromatic heterocycles. The van der Waals surface area contributed by atoms with E-state index in [0.29, 0.717) is 0 Å². The van der Waals surface area contributed by atoms with Gasteiger partial charge in [-0.25, -0.2) is 4.39 Å². The van der Waals surface area contributed by atoms with Crippen LogP contribution >= 0.6 is 0 Å². The van der Waals surface area contributed by atoms with Crippen LogP contribution < -0.4 is 5.32 Å². The number of aryl methyl sites for hydroxylation is 1. The van der Waals surface area contributed by atoms with Crippen molar-refractivity contribution in [3.05, 3.63) is 35.1 Å². The van der Waals surface area contributed by atoms with E-state index < -0.39 is 0 Å². The Balaban J connectivity index is 2.97. The fourth-order valence-electron chi connectivity index (χ4n) is 2.21. The van der Waals surface area contributed by atoms with Crippen molar-refractivity contribution in [3.63, 3.8) is 0 Å².